The van der Waals surface area contributed by atoms with Crippen molar-refractivity contribution < 1.29 is 19.0 Å². The Morgan fingerprint density at radius 1 is 1.15 bits per heavy atom. The normalized spacial score (nSPS) is 26.3. The average molecular weight is 359 g/mol. The van der Waals surface area contributed by atoms with Gasteiger partial charge in [-0.2, -0.15) is 0 Å². The van der Waals surface area contributed by atoms with Crippen LogP contribution in [0.1, 0.15) is 42.5 Å². The lowest BCUT2D eigenvalue weighted by Gasteiger charge is -2.38. The molecule has 0 saturated carbocycles. The van der Waals surface area contributed by atoms with Gasteiger partial charge in [-0.3, -0.25) is 4.79 Å². The van der Waals surface area contributed by atoms with Gasteiger partial charge in [-0.25, -0.2) is 0 Å². The van der Waals surface area contributed by atoms with Crippen LogP contribution in [0.4, 0.5) is 0 Å². The van der Waals surface area contributed by atoms with Crippen LogP contribution in [0, 0.1) is 5.92 Å². The van der Waals surface area contributed by atoms with Gasteiger partial charge in [0.1, 0.15) is 0 Å². The number of benzene rings is 1. The van der Waals surface area contributed by atoms with Gasteiger partial charge in [0.25, 0.3) is 5.91 Å². The predicted octanol–water partition coefficient (Wildman–Crippen LogP) is 2.89. The summed E-state index contributed by atoms with van der Waals surface area (Å²) in [4.78, 5) is 14.6. The van der Waals surface area contributed by atoms with Crippen LogP contribution in [-0.4, -0.2) is 62.0 Å². The van der Waals surface area contributed by atoms with Gasteiger partial charge in [0, 0.05) is 38.3 Å². The number of carbonyl (C=O) groups is 1. The van der Waals surface area contributed by atoms with E-state index in [1.54, 1.807) is 0 Å². The van der Waals surface area contributed by atoms with Crippen molar-refractivity contribution in [1.29, 1.82) is 0 Å². The molecule has 3 aliphatic rings. The Morgan fingerprint density at radius 2 is 1.88 bits per heavy atom. The van der Waals surface area contributed by atoms with E-state index in [1.807, 2.05) is 35.2 Å². The predicted molar refractivity (Wildman–Crippen MR) is 98.2 cm³/mol. The minimum atomic E-state index is -0.0895. The van der Waals surface area contributed by atoms with Crippen LogP contribution in [0.2, 0.25) is 0 Å². The number of likely N-dealkylation sites (tertiary alicyclic amines) is 1. The number of amides is 1. The highest BCUT2D eigenvalue weighted by molar-refractivity contribution is 5.94. The molecule has 0 aliphatic carbocycles. The smallest absolute Gasteiger partial charge is 0.253 e. The summed E-state index contributed by atoms with van der Waals surface area (Å²) in [6.07, 6.45) is 5.19. The highest BCUT2D eigenvalue weighted by atomic mass is 16.6. The van der Waals surface area contributed by atoms with Crippen LogP contribution in [0.3, 0.4) is 0 Å². The van der Waals surface area contributed by atoms with E-state index in [-0.39, 0.29) is 17.6 Å². The molecular weight excluding hydrogens is 330 g/mol. The number of carbonyl (C=O) groups excluding carboxylic acids is 1. The van der Waals surface area contributed by atoms with E-state index in [1.165, 1.54) is 0 Å². The monoisotopic (exact) mass is 359 g/mol. The summed E-state index contributed by atoms with van der Waals surface area (Å²) in [6.45, 7) is 4.78. The molecule has 1 aromatic carbocycles. The molecule has 4 rings (SSSR count). The highest BCUT2D eigenvalue weighted by Gasteiger charge is 2.44. The van der Waals surface area contributed by atoms with Gasteiger partial charge in [0.15, 0.2) is 0 Å². The molecule has 3 fully saturated rings. The van der Waals surface area contributed by atoms with Gasteiger partial charge in [-0.1, -0.05) is 18.2 Å². The van der Waals surface area contributed by atoms with Crippen LogP contribution >= 0.6 is 0 Å². The SMILES string of the molecule is O=C(c1ccccc1)N1CCC2(CC1)CC(OCC1CCOCC1)CO2. The maximum atomic E-state index is 12.6. The molecule has 3 aliphatic heterocycles. The van der Waals surface area contributed by atoms with Gasteiger partial charge < -0.3 is 19.1 Å². The fourth-order valence-corrected chi connectivity index (χ4v) is 4.32. The van der Waals surface area contributed by atoms with E-state index in [4.69, 9.17) is 14.2 Å². The number of hydrogen-bond donors (Lipinski definition) is 0. The minimum Gasteiger partial charge on any atom is -0.381 e. The Labute approximate surface area is 155 Å². The molecule has 1 spiro atoms. The number of hydrogen-bond acceptors (Lipinski definition) is 4. The van der Waals surface area contributed by atoms with Crippen molar-refractivity contribution in [3.8, 4) is 0 Å². The molecule has 3 heterocycles. The highest BCUT2D eigenvalue weighted by Crippen LogP contribution is 2.37. The molecule has 0 bridgehead atoms. The van der Waals surface area contributed by atoms with Gasteiger partial charge >= 0.3 is 0 Å². The van der Waals surface area contributed by atoms with Crippen LogP contribution in [0.25, 0.3) is 0 Å². The molecule has 5 nitrogen and oxygen atoms in total. The molecule has 0 N–H and O–H groups in total. The number of ether oxygens (including phenoxy) is 3. The van der Waals surface area contributed by atoms with Crippen molar-refractivity contribution in [3.05, 3.63) is 35.9 Å². The zero-order valence-corrected chi connectivity index (χ0v) is 15.4. The van der Waals surface area contributed by atoms with Gasteiger partial charge in [-0.05, 0) is 43.7 Å². The summed E-state index contributed by atoms with van der Waals surface area (Å²) in [5, 5.41) is 0. The summed E-state index contributed by atoms with van der Waals surface area (Å²) in [5.74, 6) is 0.761. The standard InChI is InChI=1S/C21H29NO4/c23-20(18-4-2-1-3-5-18)22-10-8-21(9-11-22)14-19(16-26-21)25-15-17-6-12-24-13-7-17/h1-5,17,19H,6-16H2. The van der Waals surface area contributed by atoms with E-state index < -0.39 is 0 Å². The molecule has 1 atom stereocenters. The Hall–Kier alpha value is -1.43. The maximum absolute atomic E-state index is 12.6. The van der Waals surface area contributed by atoms with Crippen LogP contribution in [-0.2, 0) is 14.2 Å². The van der Waals surface area contributed by atoms with E-state index in [0.717, 1.165) is 70.6 Å². The molecular formula is C21H29NO4. The molecule has 0 aromatic heterocycles. The summed E-state index contributed by atoms with van der Waals surface area (Å²) in [6, 6.07) is 9.55. The number of nitrogens with zero attached hydrogens (tertiary/aromatic N) is 1. The van der Waals surface area contributed by atoms with Crippen molar-refractivity contribution in [2.24, 2.45) is 5.92 Å². The van der Waals surface area contributed by atoms with Crippen LogP contribution in [0.15, 0.2) is 30.3 Å². The quantitative estimate of drug-likeness (QED) is 0.829. The van der Waals surface area contributed by atoms with Crippen molar-refractivity contribution in [2.45, 2.75) is 43.8 Å². The van der Waals surface area contributed by atoms with E-state index >= 15 is 0 Å². The summed E-state index contributed by atoms with van der Waals surface area (Å²) < 4.78 is 17.7. The fraction of sp³-hybridized carbons (Fsp3) is 0.667. The summed E-state index contributed by atoms with van der Waals surface area (Å²) in [7, 11) is 0. The van der Waals surface area contributed by atoms with Crippen LogP contribution < -0.4 is 0 Å². The lowest BCUT2D eigenvalue weighted by atomic mass is 9.87. The van der Waals surface area contributed by atoms with Gasteiger partial charge in [-0.15, -0.1) is 0 Å². The first-order valence-electron chi connectivity index (χ1n) is 9.92. The second-order valence-corrected chi connectivity index (χ2v) is 7.87. The first kappa shape index (κ1) is 18.0. The molecule has 142 valence electrons. The minimum absolute atomic E-state index is 0.0895. The summed E-state index contributed by atoms with van der Waals surface area (Å²) in [5.41, 5.74) is 0.682. The molecule has 1 aromatic rings. The molecule has 1 unspecified atom stereocenters. The van der Waals surface area contributed by atoms with Gasteiger partial charge in [0.2, 0.25) is 0 Å². The summed E-state index contributed by atoms with van der Waals surface area (Å²) >= 11 is 0. The fourth-order valence-electron chi connectivity index (χ4n) is 4.32. The third-order valence-electron chi connectivity index (χ3n) is 6.07. The first-order chi connectivity index (χ1) is 12.7. The molecule has 0 radical (unpaired) electrons. The Bertz CT molecular complexity index is 591. The van der Waals surface area contributed by atoms with E-state index in [0.29, 0.717) is 12.5 Å². The second-order valence-electron chi connectivity index (χ2n) is 7.87. The third kappa shape index (κ3) is 4.11. The topological polar surface area (TPSA) is 48.0 Å². The lowest BCUT2D eigenvalue weighted by molar-refractivity contribution is -0.0427. The van der Waals surface area contributed by atoms with Crippen molar-refractivity contribution in [3.63, 3.8) is 0 Å². The van der Waals surface area contributed by atoms with Crippen LogP contribution in [0.5, 0.6) is 0 Å². The Morgan fingerprint density at radius 3 is 2.62 bits per heavy atom. The second kappa shape index (κ2) is 8.07. The van der Waals surface area contributed by atoms with E-state index in [9.17, 15) is 4.79 Å². The van der Waals surface area contributed by atoms with Crippen molar-refractivity contribution in [2.75, 3.05) is 39.5 Å². The zero-order chi connectivity index (χ0) is 17.8. The lowest BCUT2D eigenvalue weighted by Crippen LogP contribution is -2.46. The average Bonchev–Trinajstić information content (AvgIpc) is 3.10. The van der Waals surface area contributed by atoms with Crippen molar-refractivity contribution >= 4 is 5.91 Å². The first-order valence-corrected chi connectivity index (χ1v) is 9.92. The Kier molecular flexibility index (Phi) is 5.57. The zero-order valence-electron chi connectivity index (χ0n) is 15.4. The third-order valence-corrected chi connectivity index (χ3v) is 6.07. The molecule has 5 heteroatoms. The largest absolute Gasteiger partial charge is 0.381 e. The molecule has 1 amide bonds. The van der Waals surface area contributed by atoms with E-state index in [2.05, 4.69) is 0 Å². The molecule has 26 heavy (non-hydrogen) atoms. The number of rotatable bonds is 4. The molecule has 3 saturated heterocycles. The van der Waals surface area contributed by atoms with Crippen molar-refractivity contribution in [1.82, 2.24) is 4.90 Å². The Balaban J connectivity index is 1.24. The number of piperidine rings is 1. The van der Waals surface area contributed by atoms with Gasteiger partial charge in [0.05, 0.1) is 24.9 Å². The maximum Gasteiger partial charge on any atom is 0.253 e.